The van der Waals surface area contributed by atoms with Gasteiger partial charge in [0.2, 0.25) is 5.82 Å². The first kappa shape index (κ1) is 17.4. The van der Waals surface area contributed by atoms with Crippen LogP contribution in [-0.4, -0.2) is 59.3 Å². The molecule has 11 heteroatoms. The average Bonchev–Trinajstić information content (AvgIpc) is 3.25. The fraction of sp³-hybridized carbons (Fsp3) is 0.375. The number of hydrogen-bond donors (Lipinski definition) is 0. The summed E-state index contributed by atoms with van der Waals surface area (Å²) in [5.74, 6) is -0.0949. The van der Waals surface area contributed by atoms with Crippen LogP contribution in [0.1, 0.15) is 46.8 Å². The van der Waals surface area contributed by atoms with Gasteiger partial charge in [0.1, 0.15) is 0 Å². The molecule has 0 fully saturated rings. The number of carbonyl (C=O) groups is 2. The van der Waals surface area contributed by atoms with E-state index in [0.29, 0.717) is 29.6 Å². The molecule has 0 aromatic carbocycles. The number of fused-ring (bicyclic) bond motifs is 2. The number of rotatable bonds is 3. The minimum absolute atomic E-state index is 0.150. The fourth-order valence-electron chi connectivity index (χ4n) is 3.12. The Morgan fingerprint density at radius 1 is 1.33 bits per heavy atom. The number of halogens is 1. The highest BCUT2D eigenvalue weighted by Crippen LogP contribution is 2.26. The van der Waals surface area contributed by atoms with Crippen LogP contribution in [0.4, 0.5) is 0 Å². The van der Waals surface area contributed by atoms with Gasteiger partial charge in [-0.05, 0) is 13.8 Å². The Balaban J connectivity index is 1.62. The first-order valence-electron chi connectivity index (χ1n) is 8.41. The van der Waals surface area contributed by atoms with Crippen molar-refractivity contribution < 1.29 is 14.3 Å². The van der Waals surface area contributed by atoms with Crippen molar-refractivity contribution >= 4 is 29.1 Å². The van der Waals surface area contributed by atoms with E-state index in [1.54, 1.807) is 28.7 Å². The Morgan fingerprint density at radius 2 is 2.15 bits per heavy atom. The Kier molecular flexibility index (Phi) is 4.27. The van der Waals surface area contributed by atoms with E-state index in [1.807, 2.05) is 6.92 Å². The second-order valence-electron chi connectivity index (χ2n) is 6.03. The number of amides is 1. The molecule has 1 amide bonds. The monoisotopic (exact) mass is 389 g/mol. The van der Waals surface area contributed by atoms with Crippen molar-refractivity contribution in [3.63, 3.8) is 0 Å². The predicted molar refractivity (Wildman–Crippen MR) is 93.4 cm³/mol. The van der Waals surface area contributed by atoms with Crippen LogP contribution in [0.25, 0.3) is 5.65 Å². The van der Waals surface area contributed by atoms with Crippen LogP contribution in [0.2, 0.25) is 5.02 Å². The summed E-state index contributed by atoms with van der Waals surface area (Å²) in [4.78, 5) is 30.7. The van der Waals surface area contributed by atoms with Crippen LogP contribution < -0.4 is 0 Å². The van der Waals surface area contributed by atoms with Crippen LogP contribution >= 0.6 is 11.6 Å². The van der Waals surface area contributed by atoms with E-state index in [4.69, 9.17) is 16.3 Å². The van der Waals surface area contributed by atoms with E-state index in [9.17, 15) is 9.59 Å². The summed E-state index contributed by atoms with van der Waals surface area (Å²) in [6.45, 7) is 4.60. The SMILES string of the molecule is CCOC(=O)c1nnc2n1CCN(C(=O)c1cc3ncc(Cl)cn3n1)C2C. The molecule has 1 atom stereocenters. The third-order valence-corrected chi connectivity index (χ3v) is 4.60. The highest BCUT2D eigenvalue weighted by molar-refractivity contribution is 6.30. The van der Waals surface area contributed by atoms with Crippen molar-refractivity contribution in [2.75, 3.05) is 13.2 Å². The second-order valence-corrected chi connectivity index (χ2v) is 6.47. The van der Waals surface area contributed by atoms with Gasteiger partial charge in [-0.1, -0.05) is 11.6 Å². The lowest BCUT2D eigenvalue weighted by Gasteiger charge is -2.33. The number of carbonyl (C=O) groups excluding carboxylic acids is 2. The van der Waals surface area contributed by atoms with Crippen molar-refractivity contribution in [2.24, 2.45) is 0 Å². The van der Waals surface area contributed by atoms with Crippen LogP contribution in [-0.2, 0) is 11.3 Å². The summed E-state index contributed by atoms with van der Waals surface area (Å²) in [5.41, 5.74) is 0.787. The van der Waals surface area contributed by atoms with Crippen LogP contribution in [0.15, 0.2) is 18.5 Å². The number of aromatic nitrogens is 6. The highest BCUT2D eigenvalue weighted by atomic mass is 35.5. The first-order chi connectivity index (χ1) is 13.0. The van der Waals surface area contributed by atoms with Crippen molar-refractivity contribution in [3.8, 4) is 0 Å². The van der Waals surface area contributed by atoms with Gasteiger partial charge >= 0.3 is 5.97 Å². The summed E-state index contributed by atoms with van der Waals surface area (Å²) < 4.78 is 8.16. The Hall–Kier alpha value is -3.01. The summed E-state index contributed by atoms with van der Waals surface area (Å²) in [7, 11) is 0. The maximum absolute atomic E-state index is 13.0. The molecule has 0 saturated heterocycles. The maximum atomic E-state index is 13.0. The van der Waals surface area contributed by atoms with Crippen LogP contribution in [0.3, 0.4) is 0 Å². The zero-order valence-electron chi connectivity index (χ0n) is 14.7. The molecule has 3 aromatic rings. The summed E-state index contributed by atoms with van der Waals surface area (Å²) in [5, 5.41) is 12.7. The molecule has 0 N–H and O–H groups in total. The fourth-order valence-corrected chi connectivity index (χ4v) is 3.26. The molecule has 1 aliphatic heterocycles. The van der Waals surface area contributed by atoms with E-state index in [1.165, 1.54) is 10.7 Å². The Bertz CT molecular complexity index is 1040. The predicted octanol–water partition coefficient (Wildman–Crippen LogP) is 1.37. The largest absolute Gasteiger partial charge is 0.460 e. The normalized spacial score (nSPS) is 16.4. The van der Waals surface area contributed by atoms with Crippen molar-refractivity contribution in [3.05, 3.63) is 40.8 Å². The van der Waals surface area contributed by atoms with E-state index < -0.39 is 5.97 Å². The third-order valence-electron chi connectivity index (χ3n) is 4.40. The highest BCUT2D eigenvalue weighted by Gasteiger charge is 2.34. The first-order valence-corrected chi connectivity index (χ1v) is 8.79. The van der Waals surface area contributed by atoms with E-state index in [-0.39, 0.29) is 30.1 Å². The molecule has 4 heterocycles. The molecule has 10 nitrogen and oxygen atoms in total. The lowest BCUT2D eigenvalue weighted by molar-refractivity contribution is 0.0498. The van der Waals surface area contributed by atoms with Gasteiger partial charge in [0, 0.05) is 25.4 Å². The molecule has 0 spiro atoms. The molecule has 0 bridgehead atoms. The van der Waals surface area contributed by atoms with Gasteiger partial charge in [-0.2, -0.15) is 5.10 Å². The molecule has 3 aromatic heterocycles. The topological polar surface area (TPSA) is 108 Å². The van der Waals surface area contributed by atoms with E-state index in [0.717, 1.165) is 0 Å². The minimum atomic E-state index is -0.522. The van der Waals surface area contributed by atoms with Gasteiger partial charge in [0.15, 0.2) is 17.2 Å². The zero-order chi connectivity index (χ0) is 19.1. The van der Waals surface area contributed by atoms with Gasteiger partial charge < -0.3 is 14.2 Å². The lowest BCUT2D eigenvalue weighted by atomic mass is 10.2. The maximum Gasteiger partial charge on any atom is 0.376 e. The number of hydrogen-bond acceptors (Lipinski definition) is 7. The molecular weight excluding hydrogens is 374 g/mol. The van der Waals surface area contributed by atoms with Crippen molar-refractivity contribution in [1.82, 2.24) is 34.3 Å². The Morgan fingerprint density at radius 3 is 2.93 bits per heavy atom. The van der Waals surface area contributed by atoms with Gasteiger partial charge in [0.05, 0.1) is 23.9 Å². The molecule has 1 unspecified atom stereocenters. The quantitative estimate of drug-likeness (QED) is 0.622. The molecular formula is C16H16ClN7O3. The molecule has 27 heavy (non-hydrogen) atoms. The smallest absolute Gasteiger partial charge is 0.376 e. The van der Waals surface area contributed by atoms with Gasteiger partial charge in [-0.15, -0.1) is 10.2 Å². The van der Waals surface area contributed by atoms with Crippen LogP contribution in [0, 0.1) is 0 Å². The molecule has 0 saturated carbocycles. The van der Waals surface area contributed by atoms with Crippen molar-refractivity contribution in [1.29, 1.82) is 0 Å². The van der Waals surface area contributed by atoms with E-state index >= 15 is 0 Å². The molecule has 0 radical (unpaired) electrons. The number of ether oxygens (including phenoxy) is 1. The zero-order valence-corrected chi connectivity index (χ0v) is 15.4. The summed E-state index contributed by atoms with van der Waals surface area (Å²) >= 11 is 5.91. The molecule has 1 aliphatic rings. The third kappa shape index (κ3) is 2.91. The standard InChI is InChI=1S/C16H16ClN7O3/c1-3-27-16(26)14-20-19-13-9(2)22(4-5-23(13)14)15(25)11-6-12-18-7-10(17)8-24(12)21-11/h6-9H,3-5H2,1-2H3. The van der Waals surface area contributed by atoms with Gasteiger partial charge in [0.25, 0.3) is 5.91 Å². The summed E-state index contributed by atoms with van der Waals surface area (Å²) in [6.07, 6.45) is 3.08. The second kappa shape index (κ2) is 6.62. The van der Waals surface area contributed by atoms with Gasteiger partial charge in [-0.25, -0.2) is 14.3 Å². The van der Waals surface area contributed by atoms with Crippen molar-refractivity contribution in [2.45, 2.75) is 26.4 Å². The molecule has 4 rings (SSSR count). The average molecular weight is 390 g/mol. The van der Waals surface area contributed by atoms with Gasteiger partial charge in [-0.3, -0.25) is 4.79 Å². The minimum Gasteiger partial charge on any atom is -0.460 e. The van der Waals surface area contributed by atoms with Crippen LogP contribution in [0.5, 0.6) is 0 Å². The van der Waals surface area contributed by atoms with E-state index in [2.05, 4.69) is 20.3 Å². The molecule has 140 valence electrons. The molecule has 0 aliphatic carbocycles. The number of esters is 1. The summed E-state index contributed by atoms with van der Waals surface area (Å²) in [6, 6.07) is 1.23. The Labute approximate surface area is 158 Å². The lowest BCUT2D eigenvalue weighted by Crippen LogP contribution is -2.42. The number of nitrogens with zero attached hydrogens (tertiary/aromatic N) is 7.